The van der Waals surface area contributed by atoms with E-state index in [0.717, 1.165) is 25.8 Å². The van der Waals surface area contributed by atoms with Crippen molar-refractivity contribution in [3.05, 3.63) is 23.9 Å². The third kappa shape index (κ3) is 5.15. The van der Waals surface area contributed by atoms with Crippen molar-refractivity contribution >= 4 is 5.71 Å². The molecular formula is C14H24N2. The second-order valence-electron chi connectivity index (χ2n) is 4.27. The van der Waals surface area contributed by atoms with Crippen LogP contribution in [0.25, 0.3) is 0 Å². The fourth-order valence-corrected chi connectivity index (χ4v) is 1.87. The Kier molecular flexibility index (Phi) is 6.62. The molecule has 1 aliphatic heterocycles. The van der Waals surface area contributed by atoms with Crippen LogP contribution in [-0.2, 0) is 0 Å². The van der Waals surface area contributed by atoms with Gasteiger partial charge in [0.25, 0.3) is 0 Å². The third-order valence-electron chi connectivity index (χ3n) is 2.79. The molecule has 0 unspecified atom stereocenters. The van der Waals surface area contributed by atoms with Crippen molar-refractivity contribution < 1.29 is 0 Å². The molecule has 1 heterocycles. The van der Waals surface area contributed by atoms with Gasteiger partial charge in [0.1, 0.15) is 0 Å². The van der Waals surface area contributed by atoms with Gasteiger partial charge in [-0.05, 0) is 43.5 Å². The van der Waals surface area contributed by atoms with E-state index in [-0.39, 0.29) is 0 Å². The molecule has 2 heteroatoms. The summed E-state index contributed by atoms with van der Waals surface area (Å²) in [5.74, 6) is 0. The van der Waals surface area contributed by atoms with E-state index in [1.807, 2.05) is 7.05 Å². The lowest BCUT2D eigenvalue weighted by Crippen LogP contribution is -2.02. The van der Waals surface area contributed by atoms with Gasteiger partial charge in [0.05, 0.1) is 0 Å². The molecule has 1 N–H and O–H groups in total. The molecule has 0 fully saturated rings. The van der Waals surface area contributed by atoms with E-state index < -0.39 is 0 Å². The number of hydrogen-bond donors (Lipinski definition) is 1. The molecule has 0 bridgehead atoms. The van der Waals surface area contributed by atoms with Crippen LogP contribution in [0, 0.1) is 0 Å². The lowest BCUT2D eigenvalue weighted by molar-refractivity contribution is 0.738. The summed E-state index contributed by atoms with van der Waals surface area (Å²) in [5.41, 5.74) is 2.65. The van der Waals surface area contributed by atoms with Crippen molar-refractivity contribution in [1.82, 2.24) is 5.32 Å². The summed E-state index contributed by atoms with van der Waals surface area (Å²) in [5, 5.41) is 3.10. The Morgan fingerprint density at radius 1 is 1.38 bits per heavy atom. The number of hydrogen-bond acceptors (Lipinski definition) is 2. The quantitative estimate of drug-likeness (QED) is 0.705. The van der Waals surface area contributed by atoms with Crippen molar-refractivity contribution in [2.75, 3.05) is 13.6 Å². The number of allylic oxidation sites excluding steroid dienone is 3. The van der Waals surface area contributed by atoms with Gasteiger partial charge in [-0.2, -0.15) is 0 Å². The van der Waals surface area contributed by atoms with E-state index >= 15 is 0 Å². The molecular weight excluding hydrogens is 196 g/mol. The second-order valence-corrected chi connectivity index (χ2v) is 4.27. The van der Waals surface area contributed by atoms with Gasteiger partial charge >= 0.3 is 0 Å². The van der Waals surface area contributed by atoms with E-state index in [1.165, 1.54) is 30.5 Å². The van der Waals surface area contributed by atoms with E-state index in [1.54, 1.807) is 0 Å². The predicted molar refractivity (Wildman–Crippen MR) is 72.0 cm³/mol. The van der Waals surface area contributed by atoms with E-state index in [9.17, 15) is 0 Å². The molecule has 0 radical (unpaired) electrons. The zero-order valence-corrected chi connectivity index (χ0v) is 10.6. The summed E-state index contributed by atoms with van der Waals surface area (Å²) < 4.78 is 0. The summed E-state index contributed by atoms with van der Waals surface area (Å²) in [7, 11) is 1.95. The monoisotopic (exact) mass is 220 g/mol. The second kappa shape index (κ2) is 8.14. The smallest absolute Gasteiger partial charge is 0.0395 e. The van der Waals surface area contributed by atoms with Crippen molar-refractivity contribution in [3.8, 4) is 0 Å². The van der Waals surface area contributed by atoms with Crippen LogP contribution in [-0.4, -0.2) is 19.3 Å². The lowest BCUT2D eigenvalue weighted by atomic mass is 10.1. The minimum atomic E-state index is 0.979. The number of nitrogens with one attached hydrogen (secondary N) is 1. The fraction of sp³-hybridized carbons (Fsp3) is 0.643. The maximum atomic E-state index is 4.63. The van der Waals surface area contributed by atoms with E-state index in [4.69, 9.17) is 0 Å². The highest BCUT2D eigenvalue weighted by atomic mass is 14.8. The molecule has 16 heavy (non-hydrogen) atoms. The van der Waals surface area contributed by atoms with Crippen molar-refractivity contribution in [1.29, 1.82) is 0 Å². The van der Waals surface area contributed by atoms with Gasteiger partial charge in [-0.3, -0.25) is 4.99 Å². The molecule has 0 aromatic carbocycles. The van der Waals surface area contributed by atoms with E-state index in [2.05, 4.69) is 35.6 Å². The normalized spacial score (nSPS) is 24.4. The zero-order valence-electron chi connectivity index (χ0n) is 10.6. The topological polar surface area (TPSA) is 24.4 Å². The lowest BCUT2D eigenvalue weighted by Gasteiger charge is -2.08. The predicted octanol–water partition coefficient (Wildman–Crippen LogP) is 3.46. The summed E-state index contributed by atoms with van der Waals surface area (Å²) >= 11 is 0. The van der Waals surface area contributed by atoms with Crippen LogP contribution >= 0.6 is 0 Å². The Bertz CT molecular complexity index is 274. The molecule has 0 amide bonds. The van der Waals surface area contributed by atoms with Crippen LogP contribution in [0.5, 0.6) is 0 Å². The molecule has 0 spiro atoms. The molecule has 1 aliphatic rings. The third-order valence-corrected chi connectivity index (χ3v) is 2.79. The van der Waals surface area contributed by atoms with E-state index in [0.29, 0.717) is 0 Å². The minimum Gasteiger partial charge on any atom is -0.394 e. The first-order chi connectivity index (χ1) is 7.86. The van der Waals surface area contributed by atoms with Crippen LogP contribution in [0.2, 0.25) is 0 Å². The number of unbranched alkanes of at least 4 members (excludes halogenated alkanes) is 2. The highest BCUT2D eigenvalue weighted by Crippen LogP contribution is 2.11. The summed E-state index contributed by atoms with van der Waals surface area (Å²) in [6, 6.07) is 0. The van der Waals surface area contributed by atoms with Crippen LogP contribution in [0.4, 0.5) is 0 Å². The maximum absolute atomic E-state index is 4.63. The average molecular weight is 220 g/mol. The number of aliphatic imine (C=N–C) groups is 1. The summed E-state index contributed by atoms with van der Waals surface area (Å²) in [4.78, 5) is 4.63. The van der Waals surface area contributed by atoms with Crippen LogP contribution in [0.3, 0.4) is 0 Å². The van der Waals surface area contributed by atoms with Crippen molar-refractivity contribution in [2.45, 2.75) is 45.4 Å². The zero-order chi connectivity index (χ0) is 11.6. The highest BCUT2D eigenvalue weighted by molar-refractivity contribution is 5.95. The van der Waals surface area contributed by atoms with Gasteiger partial charge in [-0.15, -0.1) is 0 Å². The largest absolute Gasteiger partial charge is 0.394 e. The Labute approximate surface area is 99.5 Å². The Hall–Kier alpha value is -1.05. The average Bonchev–Trinajstić information content (AvgIpc) is 2.26. The van der Waals surface area contributed by atoms with Gasteiger partial charge < -0.3 is 5.32 Å². The van der Waals surface area contributed by atoms with Crippen LogP contribution in [0.15, 0.2) is 28.9 Å². The van der Waals surface area contributed by atoms with Crippen LogP contribution < -0.4 is 5.32 Å². The standard InChI is InChI=1S/C14H24N2/c1-3-4-5-8-14-10-9-13(12-15-2)7-6-11-16-14/h9-10,12,15H,3-8,11H2,1-2H3/b10-9-,13-12+,16-14-. The number of nitrogens with zero attached hydrogens (tertiary/aromatic N) is 1. The first-order valence-corrected chi connectivity index (χ1v) is 6.44. The van der Waals surface area contributed by atoms with Gasteiger partial charge in [0, 0.05) is 19.3 Å². The van der Waals surface area contributed by atoms with Gasteiger partial charge in [-0.25, -0.2) is 0 Å². The minimum absolute atomic E-state index is 0.979. The molecule has 1 rings (SSSR count). The molecule has 2 nitrogen and oxygen atoms in total. The maximum Gasteiger partial charge on any atom is 0.0395 e. The molecule has 0 aliphatic carbocycles. The molecule has 0 atom stereocenters. The van der Waals surface area contributed by atoms with Gasteiger partial charge in [-0.1, -0.05) is 25.8 Å². The Morgan fingerprint density at radius 2 is 2.25 bits per heavy atom. The molecule has 90 valence electrons. The number of rotatable bonds is 5. The molecule has 0 aromatic rings. The van der Waals surface area contributed by atoms with Gasteiger partial charge in [0.2, 0.25) is 0 Å². The van der Waals surface area contributed by atoms with Crippen molar-refractivity contribution in [3.63, 3.8) is 0 Å². The first-order valence-electron chi connectivity index (χ1n) is 6.44. The van der Waals surface area contributed by atoms with Crippen LogP contribution in [0.1, 0.15) is 45.4 Å². The highest BCUT2D eigenvalue weighted by Gasteiger charge is 2.00. The fourth-order valence-electron chi connectivity index (χ4n) is 1.87. The van der Waals surface area contributed by atoms with Gasteiger partial charge in [0.15, 0.2) is 0 Å². The Balaban J connectivity index is 2.50. The molecule has 0 aromatic heterocycles. The molecule has 0 saturated carbocycles. The SMILES string of the molecule is CCCCCC1=N/CCCC(=C\NC)/C=C\1. The van der Waals surface area contributed by atoms with Crippen molar-refractivity contribution in [2.24, 2.45) is 4.99 Å². The summed E-state index contributed by atoms with van der Waals surface area (Å²) in [6.07, 6.45) is 13.8. The molecule has 0 saturated heterocycles. The Morgan fingerprint density at radius 3 is 3.00 bits per heavy atom. The summed E-state index contributed by atoms with van der Waals surface area (Å²) in [6.45, 7) is 3.22. The first kappa shape index (κ1) is 13.0.